The van der Waals surface area contributed by atoms with E-state index in [-0.39, 0.29) is 0 Å². The van der Waals surface area contributed by atoms with Crippen LogP contribution in [0.15, 0.2) is 61.3 Å². The standard InChI is InChI=1S/C15H15Br2N3OS/c1-20(14-8-10(16)6-7-13(14)17)15(18)19-11-4-3-5-12(9-11)22(2)21/h3-9H,1-2H3,(H2,18,19). The number of hydrogen-bond donors (Lipinski definition) is 1. The summed E-state index contributed by atoms with van der Waals surface area (Å²) in [6.07, 6.45) is 1.64. The molecule has 0 saturated carbocycles. The minimum atomic E-state index is -1.04. The summed E-state index contributed by atoms with van der Waals surface area (Å²) in [4.78, 5) is 6.90. The van der Waals surface area contributed by atoms with E-state index >= 15 is 0 Å². The van der Waals surface area contributed by atoms with E-state index in [2.05, 4.69) is 36.9 Å². The van der Waals surface area contributed by atoms with Crippen molar-refractivity contribution in [3.8, 4) is 0 Å². The maximum absolute atomic E-state index is 11.5. The molecular weight excluding hydrogens is 430 g/mol. The predicted octanol–water partition coefficient (Wildman–Crippen LogP) is 4.03. The third-order valence-corrected chi connectivity index (χ3v) is 5.09. The fraction of sp³-hybridized carbons (Fsp3) is 0.133. The number of rotatable bonds is 3. The van der Waals surface area contributed by atoms with Crippen LogP contribution in [0, 0.1) is 0 Å². The number of anilines is 1. The zero-order valence-electron chi connectivity index (χ0n) is 12.1. The van der Waals surface area contributed by atoms with E-state index < -0.39 is 10.8 Å². The summed E-state index contributed by atoms with van der Waals surface area (Å²) in [6, 6.07) is 13.0. The highest BCUT2D eigenvalue weighted by Gasteiger charge is 2.10. The van der Waals surface area contributed by atoms with Crippen molar-refractivity contribution in [2.75, 3.05) is 18.2 Å². The van der Waals surface area contributed by atoms with Gasteiger partial charge in [-0.2, -0.15) is 0 Å². The number of aliphatic imine (C=N–C) groups is 1. The van der Waals surface area contributed by atoms with Gasteiger partial charge in [0.15, 0.2) is 0 Å². The van der Waals surface area contributed by atoms with Crippen molar-refractivity contribution in [3.05, 3.63) is 51.4 Å². The summed E-state index contributed by atoms with van der Waals surface area (Å²) in [7, 11) is 0.796. The molecule has 1 unspecified atom stereocenters. The largest absolute Gasteiger partial charge is 0.369 e. The molecule has 0 heterocycles. The highest BCUT2D eigenvalue weighted by molar-refractivity contribution is 9.11. The second kappa shape index (κ2) is 7.39. The van der Waals surface area contributed by atoms with Crippen LogP contribution in [-0.2, 0) is 10.8 Å². The Bertz CT molecular complexity index is 749. The lowest BCUT2D eigenvalue weighted by molar-refractivity contribution is 0.687. The lowest BCUT2D eigenvalue weighted by atomic mass is 10.3. The highest BCUT2D eigenvalue weighted by atomic mass is 79.9. The van der Waals surface area contributed by atoms with Gasteiger partial charge in [0.05, 0.1) is 11.4 Å². The normalized spacial score (nSPS) is 13.0. The SMILES string of the molecule is CN(C(N)=Nc1cccc(S(C)=O)c1)c1cc(Br)ccc1Br. The third kappa shape index (κ3) is 4.18. The van der Waals surface area contributed by atoms with Crippen molar-refractivity contribution in [3.63, 3.8) is 0 Å². The molecular formula is C15H15Br2N3OS. The van der Waals surface area contributed by atoms with Gasteiger partial charge in [-0.3, -0.25) is 4.21 Å². The van der Waals surface area contributed by atoms with Crippen molar-refractivity contribution >= 4 is 60.0 Å². The molecule has 4 nitrogen and oxygen atoms in total. The molecule has 0 aliphatic heterocycles. The molecule has 0 radical (unpaired) electrons. The fourth-order valence-corrected chi connectivity index (χ4v) is 3.22. The fourth-order valence-electron chi connectivity index (χ4n) is 1.81. The molecule has 2 rings (SSSR count). The Balaban J connectivity index is 2.33. The maximum atomic E-state index is 11.5. The molecule has 22 heavy (non-hydrogen) atoms. The molecule has 7 heteroatoms. The average molecular weight is 445 g/mol. The van der Waals surface area contributed by atoms with Gasteiger partial charge in [0, 0.05) is 37.9 Å². The summed E-state index contributed by atoms with van der Waals surface area (Å²) in [6.45, 7) is 0. The van der Waals surface area contributed by atoms with Crippen LogP contribution in [0.1, 0.15) is 0 Å². The molecule has 0 saturated heterocycles. The van der Waals surface area contributed by atoms with E-state index in [0.717, 1.165) is 19.5 Å². The van der Waals surface area contributed by atoms with Crippen molar-refractivity contribution in [2.45, 2.75) is 4.90 Å². The summed E-state index contributed by atoms with van der Waals surface area (Å²) in [5, 5.41) is 0. The molecule has 2 aromatic carbocycles. The van der Waals surface area contributed by atoms with Gasteiger partial charge < -0.3 is 10.6 Å². The molecule has 116 valence electrons. The van der Waals surface area contributed by atoms with Gasteiger partial charge in [0.1, 0.15) is 0 Å². The Labute approximate surface area is 149 Å². The average Bonchev–Trinajstić information content (AvgIpc) is 2.49. The van der Waals surface area contributed by atoms with Crippen molar-refractivity contribution < 1.29 is 4.21 Å². The van der Waals surface area contributed by atoms with Gasteiger partial charge in [-0.25, -0.2) is 4.99 Å². The molecule has 2 aromatic rings. The van der Waals surface area contributed by atoms with Crippen LogP contribution in [0.25, 0.3) is 0 Å². The summed E-state index contributed by atoms with van der Waals surface area (Å²) < 4.78 is 13.4. The van der Waals surface area contributed by atoms with Crippen LogP contribution in [-0.4, -0.2) is 23.5 Å². The minimum absolute atomic E-state index is 0.345. The number of halogens is 2. The van der Waals surface area contributed by atoms with Gasteiger partial charge >= 0.3 is 0 Å². The second-order valence-electron chi connectivity index (χ2n) is 4.58. The molecule has 0 amide bonds. The van der Waals surface area contributed by atoms with Crippen molar-refractivity contribution in [1.29, 1.82) is 0 Å². The zero-order chi connectivity index (χ0) is 16.3. The van der Waals surface area contributed by atoms with E-state index in [0.29, 0.717) is 11.6 Å². The Morgan fingerprint density at radius 2 is 1.95 bits per heavy atom. The third-order valence-electron chi connectivity index (χ3n) is 3.01. The zero-order valence-corrected chi connectivity index (χ0v) is 16.1. The van der Waals surface area contributed by atoms with Gasteiger partial charge in [0.2, 0.25) is 5.96 Å². The minimum Gasteiger partial charge on any atom is -0.369 e. The lowest BCUT2D eigenvalue weighted by Crippen LogP contribution is -2.33. The van der Waals surface area contributed by atoms with Crippen LogP contribution in [0.2, 0.25) is 0 Å². The Morgan fingerprint density at radius 3 is 2.64 bits per heavy atom. The number of guanidine groups is 1. The van der Waals surface area contributed by atoms with Crippen LogP contribution in [0.3, 0.4) is 0 Å². The van der Waals surface area contributed by atoms with E-state index in [4.69, 9.17) is 5.73 Å². The van der Waals surface area contributed by atoms with E-state index in [1.165, 1.54) is 0 Å². The Hall–Kier alpha value is -1.18. The monoisotopic (exact) mass is 443 g/mol. The quantitative estimate of drug-likeness (QED) is 0.574. The molecule has 0 fully saturated rings. The van der Waals surface area contributed by atoms with Crippen LogP contribution < -0.4 is 10.6 Å². The second-order valence-corrected chi connectivity index (χ2v) is 7.73. The molecule has 0 aliphatic rings. The number of benzene rings is 2. The summed E-state index contributed by atoms with van der Waals surface area (Å²) >= 11 is 6.95. The first-order valence-corrected chi connectivity index (χ1v) is 9.49. The Kier molecular flexibility index (Phi) is 5.77. The lowest BCUT2D eigenvalue weighted by Gasteiger charge is -2.20. The van der Waals surface area contributed by atoms with Gasteiger partial charge in [0.25, 0.3) is 0 Å². The summed E-state index contributed by atoms with van der Waals surface area (Å²) in [5.41, 5.74) is 7.65. The number of nitrogens with zero attached hydrogens (tertiary/aromatic N) is 2. The molecule has 1 atom stereocenters. The Morgan fingerprint density at radius 1 is 1.23 bits per heavy atom. The van der Waals surface area contributed by atoms with Crippen LogP contribution in [0.4, 0.5) is 11.4 Å². The van der Waals surface area contributed by atoms with Crippen molar-refractivity contribution in [2.24, 2.45) is 10.7 Å². The van der Waals surface area contributed by atoms with Gasteiger partial charge in [-0.1, -0.05) is 22.0 Å². The smallest absolute Gasteiger partial charge is 0.200 e. The first-order chi connectivity index (χ1) is 10.4. The van der Waals surface area contributed by atoms with Gasteiger partial charge in [-0.05, 0) is 52.3 Å². The van der Waals surface area contributed by atoms with E-state index in [9.17, 15) is 4.21 Å². The molecule has 2 N–H and O–H groups in total. The molecule has 0 bridgehead atoms. The van der Waals surface area contributed by atoms with Crippen LogP contribution in [0.5, 0.6) is 0 Å². The topological polar surface area (TPSA) is 58.7 Å². The predicted molar refractivity (Wildman–Crippen MR) is 100 cm³/mol. The first-order valence-electron chi connectivity index (χ1n) is 6.35. The highest BCUT2D eigenvalue weighted by Crippen LogP contribution is 2.29. The molecule has 0 spiro atoms. The molecule has 0 aromatic heterocycles. The first kappa shape index (κ1) is 17.2. The van der Waals surface area contributed by atoms with E-state index in [1.54, 1.807) is 23.3 Å². The number of nitrogens with two attached hydrogens (primary N) is 1. The van der Waals surface area contributed by atoms with Gasteiger partial charge in [-0.15, -0.1) is 0 Å². The number of hydrogen-bond acceptors (Lipinski definition) is 2. The van der Waals surface area contributed by atoms with E-state index in [1.807, 2.05) is 37.4 Å². The van der Waals surface area contributed by atoms with Crippen molar-refractivity contribution in [1.82, 2.24) is 0 Å². The molecule has 0 aliphatic carbocycles. The summed E-state index contributed by atoms with van der Waals surface area (Å²) in [5.74, 6) is 0.345. The van der Waals surface area contributed by atoms with Crippen LogP contribution >= 0.6 is 31.9 Å². The maximum Gasteiger partial charge on any atom is 0.200 e.